The van der Waals surface area contributed by atoms with Gasteiger partial charge in [-0.15, -0.1) is 0 Å². The molecule has 0 spiro atoms. The Labute approximate surface area is 86.9 Å². The van der Waals surface area contributed by atoms with Gasteiger partial charge >= 0.3 is 0 Å². The summed E-state index contributed by atoms with van der Waals surface area (Å²) >= 11 is 0. The van der Waals surface area contributed by atoms with Gasteiger partial charge in [0, 0.05) is 6.42 Å². The first kappa shape index (κ1) is 11.6. The topological polar surface area (TPSA) is 26.3 Å². The van der Waals surface area contributed by atoms with Crippen LogP contribution in [0.4, 0.5) is 8.78 Å². The Morgan fingerprint density at radius 3 is 2.67 bits per heavy atom. The van der Waals surface area contributed by atoms with E-state index in [0.717, 1.165) is 0 Å². The number of benzene rings is 1. The number of hydrogen-bond donors (Lipinski definition) is 0. The highest BCUT2D eigenvalue weighted by atomic mass is 19.3. The minimum atomic E-state index is -2.53. The molecule has 15 heavy (non-hydrogen) atoms. The van der Waals surface area contributed by atoms with Gasteiger partial charge in [-0.05, 0) is 12.1 Å². The predicted octanol–water partition coefficient (Wildman–Crippen LogP) is 2.92. The second kappa shape index (κ2) is 5.44. The van der Waals surface area contributed by atoms with Crippen LogP contribution in [0.25, 0.3) is 0 Å². The van der Waals surface area contributed by atoms with Gasteiger partial charge in [0.2, 0.25) is 0 Å². The molecule has 0 aliphatic heterocycles. The van der Waals surface area contributed by atoms with Gasteiger partial charge in [0.25, 0.3) is 6.43 Å². The van der Waals surface area contributed by atoms with Gasteiger partial charge in [0.15, 0.2) is 5.78 Å². The lowest BCUT2D eigenvalue weighted by atomic mass is 10.1. The first-order valence-electron chi connectivity index (χ1n) is 4.68. The number of Topliss-reactive ketones (excluding diaryl/α,β-unsaturated/α-hetero) is 1. The van der Waals surface area contributed by atoms with Crippen molar-refractivity contribution in [3.05, 3.63) is 29.8 Å². The fraction of sp³-hybridized carbons (Fsp3) is 0.364. The Bertz CT molecular complexity index is 337. The summed E-state index contributed by atoms with van der Waals surface area (Å²) in [4.78, 5) is 11.4. The Kier molecular flexibility index (Phi) is 4.21. The standard InChI is InChI=1S/C11H12F2O2/c1-2-9(14)8-5-3-4-6-10(8)15-7-11(12)13/h3-6,11H,2,7H2,1H3. The second-order valence-corrected chi connectivity index (χ2v) is 2.97. The van der Waals surface area contributed by atoms with Crippen LogP contribution in [0.2, 0.25) is 0 Å². The first-order valence-corrected chi connectivity index (χ1v) is 4.68. The molecule has 0 N–H and O–H groups in total. The molecular formula is C11H12F2O2. The van der Waals surface area contributed by atoms with E-state index >= 15 is 0 Å². The lowest BCUT2D eigenvalue weighted by Crippen LogP contribution is -2.10. The van der Waals surface area contributed by atoms with Crippen molar-refractivity contribution in [3.8, 4) is 5.75 Å². The summed E-state index contributed by atoms with van der Waals surface area (Å²) in [7, 11) is 0. The van der Waals surface area contributed by atoms with E-state index < -0.39 is 13.0 Å². The van der Waals surface area contributed by atoms with Gasteiger partial charge in [-0.25, -0.2) is 8.78 Å². The maximum atomic E-state index is 11.9. The summed E-state index contributed by atoms with van der Waals surface area (Å²) in [6, 6.07) is 6.42. The van der Waals surface area contributed by atoms with Gasteiger partial charge in [0.1, 0.15) is 12.4 Å². The number of ether oxygens (including phenoxy) is 1. The molecule has 0 unspecified atom stereocenters. The van der Waals surface area contributed by atoms with Crippen LogP contribution in [-0.2, 0) is 0 Å². The molecule has 1 aromatic rings. The average molecular weight is 214 g/mol. The molecule has 0 heterocycles. The van der Waals surface area contributed by atoms with E-state index in [1.807, 2.05) is 0 Å². The van der Waals surface area contributed by atoms with Crippen molar-refractivity contribution in [2.45, 2.75) is 19.8 Å². The van der Waals surface area contributed by atoms with Crippen molar-refractivity contribution in [1.82, 2.24) is 0 Å². The van der Waals surface area contributed by atoms with Crippen molar-refractivity contribution >= 4 is 5.78 Å². The number of rotatable bonds is 5. The van der Waals surface area contributed by atoms with E-state index in [4.69, 9.17) is 4.74 Å². The molecule has 4 heteroatoms. The van der Waals surface area contributed by atoms with Crippen LogP contribution in [0, 0.1) is 0 Å². The first-order chi connectivity index (χ1) is 7.15. The number of alkyl halides is 2. The zero-order valence-electron chi connectivity index (χ0n) is 8.37. The summed E-state index contributed by atoms with van der Waals surface area (Å²) in [5.41, 5.74) is 0.362. The summed E-state index contributed by atoms with van der Waals surface area (Å²) in [5, 5.41) is 0. The highest BCUT2D eigenvalue weighted by Gasteiger charge is 2.11. The molecular weight excluding hydrogens is 202 g/mol. The molecule has 0 aromatic heterocycles. The third-order valence-electron chi connectivity index (χ3n) is 1.87. The Balaban J connectivity index is 2.81. The molecule has 1 rings (SSSR count). The number of ketones is 1. The molecule has 2 nitrogen and oxygen atoms in total. The minimum absolute atomic E-state index is 0.111. The molecule has 0 radical (unpaired) electrons. The second-order valence-electron chi connectivity index (χ2n) is 2.97. The molecule has 82 valence electrons. The number of halogens is 2. The molecule has 0 fully saturated rings. The number of carbonyl (C=O) groups is 1. The molecule has 0 atom stereocenters. The van der Waals surface area contributed by atoms with Crippen LogP contribution >= 0.6 is 0 Å². The molecule has 0 saturated heterocycles. The van der Waals surface area contributed by atoms with Crippen molar-refractivity contribution in [3.63, 3.8) is 0 Å². The van der Waals surface area contributed by atoms with E-state index in [9.17, 15) is 13.6 Å². The van der Waals surface area contributed by atoms with Crippen LogP contribution in [-0.4, -0.2) is 18.8 Å². The molecule has 0 amide bonds. The maximum absolute atomic E-state index is 11.9. The molecule has 0 aliphatic carbocycles. The van der Waals surface area contributed by atoms with Crippen LogP contribution in [0.5, 0.6) is 5.75 Å². The normalized spacial score (nSPS) is 10.4. The fourth-order valence-electron chi connectivity index (χ4n) is 1.17. The number of para-hydroxylation sites is 1. The molecule has 0 bridgehead atoms. The lowest BCUT2D eigenvalue weighted by molar-refractivity contribution is 0.0800. The van der Waals surface area contributed by atoms with Crippen LogP contribution in [0.1, 0.15) is 23.7 Å². The smallest absolute Gasteiger partial charge is 0.272 e. The van der Waals surface area contributed by atoms with E-state index in [2.05, 4.69) is 0 Å². The lowest BCUT2D eigenvalue weighted by Gasteiger charge is -2.09. The van der Waals surface area contributed by atoms with Crippen LogP contribution < -0.4 is 4.74 Å². The van der Waals surface area contributed by atoms with Crippen LogP contribution in [0.15, 0.2) is 24.3 Å². The fourth-order valence-corrected chi connectivity index (χ4v) is 1.17. The zero-order valence-corrected chi connectivity index (χ0v) is 8.37. The Morgan fingerprint density at radius 1 is 1.40 bits per heavy atom. The summed E-state index contributed by atoms with van der Waals surface area (Å²) in [5.74, 6) is 0.115. The number of hydrogen-bond acceptors (Lipinski definition) is 2. The third kappa shape index (κ3) is 3.31. The number of carbonyl (C=O) groups excluding carboxylic acids is 1. The van der Waals surface area contributed by atoms with E-state index in [1.54, 1.807) is 25.1 Å². The minimum Gasteiger partial charge on any atom is -0.487 e. The van der Waals surface area contributed by atoms with Crippen LogP contribution in [0.3, 0.4) is 0 Å². The molecule has 0 saturated carbocycles. The maximum Gasteiger partial charge on any atom is 0.272 e. The monoisotopic (exact) mass is 214 g/mol. The average Bonchev–Trinajstić information content (AvgIpc) is 2.25. The van der Waals surface area contributed by atoms with Gasteiger partial charge in [-0.2, -0.15) is 0 Å². The predicted molar refractivity (Wildman–Crippen MR) is 52.6 cm³/mol. The van der Waals surface area contributed by atoms with E-state index in [1.165, 1.54) is 6.07 Å². The van der Waals surface area contributed by atoms with Gasteiger partial charge in [-0.1, -0.05) is 19.1 Å². The van der Waals surface area contributed by atoms with Gasteiger partial charge in [0.05, 0.1) is 5.56 Å². The van der Waals surface area contributed by atoms with Crippen molar-refractivity contribution < 1.29 is 18.3 Å². The van der Waals surface area contributed by atoms with Gasteiger partial charge in [-0.3, -0.25) is 4.79 Å². The van der Waals surface area contributed by atoms with E-state index in [0.29, 0.717) is 12.0 Å². The summed E-state index contributed by atoms with van der Waals surface area (Å²) < 4.78 is 28.7. The van der Waals surface area contributed by atoms with E-state index in [-0.39, 0.29) is 11.5 Å². The molecule has 1 aromatic carbocycles. The highest BCUT2D eigenvalue weighted by molar-refractivity contribution is 5.98. The largest absolute Gasteiger partial charge is 0.487 e. The van der Waals surface area contributed by atoms with Gasteiger partial charge < -0.3 is 4.74 Å². The Morgan fingerprint density at radius 2 is 2.07 bits per heavy atom. The SMILES string of the molecule is CCC(=O)c1ccccc1OCC(F)F. The third-order valence-corrected chi connectivity index (χ3v) is 1.87. The van der Waals surface area contributed by atoms with Crippen molar-refractivity contribution in [2.75, 3.05) is 6.61 Å². The highest BCUT2D eigenvalue weighted by Crippen LogP contribution is 2.20. The zero-order chi connectivity index (χ0) is 11.3. The molecule has 0 aliphatic rings. The van der Waals surface area contributed by atoms with Crippen molar-refractivity contribution in [1.29, 1.82) is 0 Å². The summed E-state index contributed by atoms with van der Waals surface area (Å²) in [6.45, 7) is 1.03. The quantitative estimate of drug-likeness (QED) is 0.704. The van der Waals surface area contributed by atoms with Crippen molar-refractivity contribution in [2.24, 2.45) is 0 Å². The summed E-state index contributed by atoms with van der Waals surface area (Å²) in [6.07, 6.45) is -2.20. The Hall–Kier alpha value is -1.45.